The number of aromatic nitrogens is 4. The fraction of sp³-hybridized carbons (Fsp3) is 0.316. The number of ether oxygens (including phenoxy) is 1. The van der Waals surface area contributed by atoms with Gasteiger partial charge in [0.25, 0.3) is 0 Å². The van der Waals surface area contributed by atoms with Crippen LogP contribution >= 0.6 is 12.2 Å². The van der Waals surface area contributed by atoms with Crippen LogP contribution < -0.4 is 0 Å². The number of pyridine rings is 1. The summed E-state index contributed by atoms with van der Waals surface area (Å²) in [5.74, 6) is 0.542. The second-order valence-electron chi connectivity index (χ2n) is 6.27. The number of hydrogen-bond donors (Lipinski definition) is 0. The summed E-state index contributed by atoms with van der Waals surface area (Å²) in [5, 5.41) is 4.71. The van der Waals surface area contributed by atoms with Crippen LogP contribution in [0.5, 0.6) is 0 Å². The lowest BCUT2D eigenvalue weighted by molar-refractivity contribution is 0.186. The Morgan fingerprint density at radius 1 is 1.22 bits per heavy atom. The molecular formula is C19H22FN5OS. The molecule has 0 atom stereocenters. The average molecular weight is 387 g/mol. The molecule has 0 fully saturated rings. The molecule has 0 saturated heterocycles. The predicted molar refractivity (Wildman–Crippen MR) is 104 cm³/mol. The second-order valence-corrected chi connectivity index (χ2v) is 6.64. The van der Waals surface area contributed by atoms with Crippen LogP contribution in [0, 0.1) is 10.6 Å². The third-order valence-electron chi connectivity index (χ3n) is 4.10. The predicted octanol–water partition coefficient (Wildman–Crippen LogP) is 3.35. The topological polar surface area (TPSA) is 48.1 Å². The first-order valence-corrected chi connectivity index (χ1v) is 8.99. The first-order valence-electron chi connectivity index (χ1n) is 8.58. The van der Waals surface area contributed by atoms with Gasteiger partial charge in [-0.15, -0.1) is 0 Å². The quantitative estimate of drug-likeness (QED) is 0.555. The molecule has 0 aliphatic rings. The summed E-state index contributed by atoms with van der Waals surface area (Å²) in [4.78, 5) is 6.10. The molecule has 8 heteroatoms. The van der Waals surface area contributed by atoms with Crippen LogP contribution in [0.4, 0.5) is 4.39 Å². The molecule has 27 heavy (non-hydrogen) atoms. The Bertz CT molecular complexity index is 941. The lowest BCUT2D eigenvalue weighted by atomic mass is 10.2. The largest absolute Gasteiger partial charge is 0.383 e. The van der Waals surface area contributed by atoms with Gasteiger partial charge in [-0.2, -0.15) is 5.10 Å². The van der Waals surface area contributed by atoms with Crippen LogP contribution in [0.2, 0.25) is 0 Å². The third kappa shape index (κ3) is 4.85. The highest BCUT2D eigenvalue weighted by Crippen LogP contribution is 2.18. The minimum Gasteiger partial charge on any atom is -0.383 e. The van der Waals surface area contributed by atoms with E-state index in [9.17, 15) is 4.39 Å². The third-order valence-corrected chi connectivity index (χ3v) is 4.53. The van der Waals surface area contributed by atoms with Gasteiger partial charge in [0, 0.05) is 31.6 Å². The second kappa shape index (κ2) is 8.98. The van der Waals surface area contributed by atoms with Crippen LogP contribution in [0.1, 0.15) is 5.56 Å². The smallest absolute Gasteiger partial charge is 0.199 e. The molecule has 0 aliphatic carbocycles. The maximum absolute atomic E-state index is 13.4. The van der Waals surface area contributed by atoms with Gasteiger partial charge in [-0.05, 0) is 49.1 Å². The van der Waals surface area contributed by atoms with Crippen molar-refractivity contribution >= 4 is 12.2 Å². The van der Waals surface area contributed by atoms with Gasteiger partial charge in [0.2, 0.25) is 0 Å². The molecule has 0 aliphatic heterocycles. The van der Waals surface area contributed by atoms with Crippen LogP contribution in [0.15, 0.2) is 48.8 Å². The Balaban J connectivity index is 1.84. The van der Waals surface area contributed by atoms with Crippen LogP contribution in [-0.4, -0.2) is 45.0 Å². The SMILES string of the molecule is COCCn1c(-c2ccncc2)nn(CN(C)Cc2cccc(F)c2)c1=S. The van der Waals surface area contributed by atoms with Crippen LogP contribution in [-0.2, 0) is 24.5 Å². The molecule has 0 amide bonds. The molecule has 0 spiro atoms. The fourth-order valence-electron chi connectivity index (χ4n) is 2.86. The standard InChI is InChI=1S/C19H22FN5OS/c1-23(13-15-4-3-5-17(20)12-15)14-25-19(27)24(10-11-26-2)18(22-25)16-6-8-21-9-7-16/h3-9,12H,10-11,13-14H2,1-2H3. The van der Waals surface area contributed by atoms with Gasteiger partial charge >= 0.3 is 0 Å². The molecule has 0 N–H and O–H groups in total. The van der Waals surface area contributed by atoms with Gasteiger partial charge in [0.1, 0.15) is 5.82 Å². The molecule has 3 rings (SSSR count). The normalized spacial score (nSPS) is 11.3. The maximum Gasteiger partial charge on any atom is 0.199 e. The number of hydrogen-bond acceptors (Lipinski definition) is 5. The number of nitrogens with zero attached hydrogens (tertiary/aromatic N) is 5. The number of methoxy groups -OCH3 is 1. The van der Waals surface area contributed by atoms with E-state index in [1.165, 1.54) is 12.1 Å². The summed E-state index contributed by atoms with van der Waals surface area (Å²) in [6.07, 6.45) is 3.46. The number of rotatable bonds is 8. The van der Waals surface area contributed by atoms with Crippen molar-refractivity contribution in [1.29, 1.82) is 0 Å². The molecule has 3 aromatic rings. The maximum atomic E-state index is 13.4. The molecule has 0 unspecified atom stereocenters. The molecule has 2 aromatic heterocycles. The summed E-state index contributed by atoms with van der Waals surface area (Å²) in [6.45, 7) is 2.24. The van der Waals surface area contributed by atoms with Gasteiger partial charge in [-0.25, -0.2) is 9.07 Å². The van der Waals surface area contributed by atoms with Crippen molar-refractivity contribution in [3.05, 3.63) is 64.9 Å². The van der Waals surface area contributed by atoms with E-state index in [0.29, 0.717) is 31.1 Å². The molecule has 0 saturated carbocycles. The van der Waals surface area contributed by atoms with Gasteiger partial charge < -0.3 is 4.74 Å². The Kier molecular flexibility index (Phi) is 6.44. The van der Waals surface area contributed by atoms with E-state index in [1.807, 2.05) is 34.7 Å². The lowest BCUT2D eigenvalue weighted by Gasteiger charge is -2.16. The van der Waals surface area contributed by atoms with E-state index in [1.54, 1.807) is 30.3 Å². The van der Waals surface area contributed by atoms with Gasteiger partial charge in [0.05, 0.1) is 19.8 Å². The Labute approximate surface area is 162 Å². The molecule has 0 radical (unpaired) electrons. The van der Waals surface area contributed by atoms with Crippen molar-refractivity contribution < 1.29 is 9.13 Å². The number of benzene rings is 1. The van der Waals surface area contributed by atoms with E-state index in [2.05, 4.69) is 4.98 Å². The number of halogens is 1. The summed E-state index contributed by atoms with van der Waals surface area (Å²) in [7, 11) is 3.61. The lowest BCUT2D eigenvalue weighted by Crippen LogP contribution is -2.22. The molecule has 2 heterocycles. The van der Waals surface area contributed by atoms with Crippen LogP contribution in [0.25, 0.3) is 11.4 Å². The summed E-state index contributed by atoms with van der Waals surface area (Å²) in [6, 6.07) is 10.4. The van der Waals surface area contributed by atoms with E-state index in [4.69, 9.17) is 22.1 Å². The van der Waals surface area contributed by atoms with Crippen molar-refractivity contribution in [2.24, 2.45) is 0 Å². The molecular weight excluding hydrogens is 365 g/mol. The zero-order chi connectivity index (χ0) is 19.2. The minimum atomic E-state index is -0.235. The summed E-state index contributed by atoms with van der Waals surface area (Å²) in [5.41, 5.74) is 1.84. The van der Waals surface area contributed by atoms with E-state index in [0.717, 1.165) is 17.0 Å². The Morgan fingerprint density at radius 2 is 2.00 bits per heavy atom. The summed E-state index contributed by atoms with van der Waals surface area (Å²) >= 11 is 5.64. The highest BCUT2D eigenvalue weighted by Gasteiger charge is 2.14. The van der Waals surface area contributed by atoms with Crippen molar-refractivity contribution in [3.63, 3.8) is 0 Å². The Morgan fingerprint density at radius 3 is 2.70 bits per heavy atom. The summed E-state index contributed by atoms with van der Waals surface area (Å²) < 4.78 is 23.0. The van der Waals surface area contributed by atoms with Crippen LogP contribution in [0.3, 0.4) is 0 Å². The molecule has 0 bridgehead atoms. The molecule has 1 aromatic carbocycles. The van der Waals surface area contributed by atoms with E-state index >= 15 is 0 Å². The van der Waals surface area contributed by atoms with Crippen molar-refractivity contribution in [2.75, 3.05) is 20.8 Å². The van der Waals surface area contributed by atoms with Gasteiger partial charge in [-0.3, -0.25) is 14.5 Å². The highest BCUT2D eigenvalue weighted by molar-refractivity contribution is 7.71. The fourth-order valence-corrected chi connectivity index (χ4v) is 3.13. The van der Waals surface area contributed by atoms with E-state index < -0.39 is 0 Å². The highest BCUT2D eigenvalue weighted by atomic mass is 32.1. The Hall–Kier alpha value is -2.42. The first-order chi connectivity index (χ1) is 13.1. The zero-order valence-electron chi connectivity index (χ0n) is 15.4. The molecule has 142 valence electrons. The van der Waals surface area contributed by atoms with Crippen molar-refractivity contribution in [2.45, 2.75) is 19.8 Å². The first kappa shape index (κ1) is 19.3. The van der Waals surface area contributed by atoms with Crippen molar-refractivity contribution in [3.8, 4) is 11.4 Å². The minimum absolute atomic E-state index is 0.235. The monoisotopic (exact) mass is 387 g/mol. The van der Waals surface area contributed by atoms with E-state index in [-0.39, 0.29) is 5.82 Å². The average Bonchev–Trinajstić information content (AvgIpc) is 2.96. The van der Waals surface area contributed by atoms with Crippen molar-refractivity contribution in [1.82, 2.24) is 24.2 Å². The van der Waals surface area contributed by atoms with Gasteiger partial charge in [-0.1, -0.05) is 12.1 Å². The molecule has 6 nitrogen and oxygen atoms in total. The zero-order valence-corrected chi connectivity index (χ0v) is 16.2. The van der Waals surface area contributed by atoms with Gasteiger partial charge in [0.15, 0.2) is 10.6 Å².